The summed E-state index contributed by atoms with van der Waals surface area (Å²) in [6.07, 6.45) is 0. The summed E-state index contributed by atoms with van der Waals surface area (Å²) in [6, 6.07) is -0.504. The van der Waals surface area contributed by atoms with Crippen molar-refractivity contribution in [2.75, 3.05) is 7.05 Å². The minimum atomic E-state index is -1.95. The molecule has 118 valence electrons. The Labute approximate surface area is 125 Å². The molecule has 0 saturated carbocycles. The Morgan fingerprint density at radius 3 is 1.70 bits per heavy atom. The fourth-order valence-electron chi connectivity index (χ4n) is 1.98. The molecule has 0 aromatic heterocycles. The summed E-state index contributed by atoms with van der Waals surface area (Å²) in [5.41, 5.74) is 0. The second-order valence-corrected chi connectivity index (χ2v) is 11.6. The van der Waals surface area contributed by atoms with Crippen LogP contribution in [0.25, 0.3) is 0 Å². The number of rotatable bonds is 6. The maximum absolute atomic E-state index is 12.4. The number of likely N-dealkylation sites (N-methyl/N-ethyl adjacent to an activating group) is 1. The van der Waals surface area contributed by atoms with Crippen molar-refractivity contribution < 1.29 is 14.0 Å². The van der Waals surface area contributed by atoms with Crippen LogP contribution in [0.2, 0.25) is 19.6 Å². The number of hydrogen-bond donors (Lipinski definition) is 0. The normalized spacial score (nSPS) is 15.2. The first-order valence-electron chi connectivity index (χ1n) is 7.38. The van der Waals surface area contributed by atoms with Gasteiger partial charge in [0.05, 0.1) is 0 Å². The van der Waals surface area contributed by atoms with Crippen molar-refractivity contribution in [1.29, 1.82) is 0 Å². The smallest absolute Gasteiger partial charge is 0.315 e. The van der Waals surface area contributed by atoms with Crippen LogP contribution in [-0.2, 0) is 14.0 Å². The molecular weight excluding hydrogens is 270 g/mol. The summed E-state index contributed by atoms with van der Waals surface area (Å²) in [5, 5.41) is 0. The number of hydrogen-bond acceptors (Lipinski definition) is 3. The maximum Gasteiger partial charge on any atom is 0.315 e. The number of nitrogens with zero attached hydrogens (tertiary/aromatic N) is 1. The van der Waals surface area contributed by atoms with Crippen molar-refractivity contribution in [3.63, 3.8) is 0 Å². The highest BCUT2D eigenvalue weighted by molar-refractivity contribution is 6.71. The first-order valence-corrected chi connectivity index (χ1v) is 10.8. The van der Waals surface area contributed by atoms with Gasteiger partial charge in [0.15, 0.2) is 0 Å². The molecule has 4 nitrogen and oxygen atoms in total. The van der Waals surface area contributed by atoms with Crippen LogP contribution in [0.4, 0.5) is 0 Å². The number of amides is 1. The molecule has 0 spiro atoms. The molecule has 0 aliphatic heterocycles. The molecule has 0 N–H and O–H groups in total. The molecule has 2 atom stereocenters. The molecule has 0 aliphatic carbocycles. The quantitative estimate of drug-likeness (QED) is 0.708. The van der Waals surface area contributed by atoms with Gasteiger partial charge in [0.1, 0.15) is 6.04 Å². The summed E-state index contributed by atoms with van der Waals surface area (Å²) in [6.45, 7) is 15.7. The van der Waals surface area contributed by atoms with Crippen LogP contribution in [0.3, 0.4) is 0 Å². The average molecular weight is 302 g/mol. The van der Waals surface area contributed by atoms with E-state index in [9.17, 15) is 9.59 Å². The van der Waals surface area contributed by atoms with Crippen LogP contribution in [0.5, 0.6) is 0 Å². The topological polar surface area (TPSA) is 46.6 Å². The van der Waals surface area contributed by atoms with Gasteiger partial charge in [-0.3, -0.25) is 9.59 Å². The lowest BCUT2D eigenvalue weighted by molar-refractivity contribution is -0.151. The largest absolute Gasteiger partial charge is 0.518 e. The molecule has 1 amide bonds. The minimum absolute atomic E-state index is 0.00576. The van der Waals surface area contributed by atoms with Gasteiger partial charge in [0.25, 0.3) is 0 Å². The van der Waals surface area contributed by atoms with Gasteiger partial charge in [-0.2, -0.15) is 0 Å². The predicted octanol–water partition coefficient (Wildman–Crippen LogP) is 3.14. The summed E-state index contributed by atoms with van der Waals surface area (Å²) in [7, 11) is -0.240. The van der Waals surface area contributed by atoms with E-state index in [1.54, 1.807) is 11.9 Å². The van der Waals surface area contributed by atoms with Crippen molar-refractivity contribution in [1.82, 2.24) is 4.90 Å². The molecule has 0 saturated heterocycles. The molecular formula is C15H31NO3Si. The highest BCUT2D eigenvalue weighted by atomic mass is 28.4. The lowest BCUT2D eigenvalue weighted by atomic mass is 9.94. The van der Waals surface area contributed by atoms with Crippen LogP contribution in [-0.4, -0.2) is 38.2 Å². The lowest BCUT2D eigenvalue weighted by Gasteiger charge is -2.34. The molecule has 0 unspecified atom stereocenters. The van der Waals surface area contributed by atoms with Gasteiger partial charge in [0.2, 0.25) is 14.2 Å². The summed E-state index contributed by atoms with van der Waals surface area (Å²) in [5.74, 6) is -0.0731. The van der Waals surface area contributed by atoms with Gasteiger partial charge in [-0.05, 0) is 31.5 Å². The Balaban J connectivity index is 5.10. The Kier molecular flexibility index (Phi) is 6.94. The summed E-state index contributed by atoms with van der Waals surface area (Å²) < 4.78 is 5.58. The zero-order chi connectivity index (χ0) is 16.2. The van der Waals surface area contributed by atoms with Crippen LogP contribution in [0.15, 0.2) is 0 Å². The predicted molar refractivity (Wildman–Crippen MR) is 84.8 cm³/mol. The Morgan fingerprint density at radius 1 is 0.950 bits per heavy atom. The van der Waals surface area contributed by atoms with Crippen molar-refractivity contribution in [3.8, 4) is 0 Å². The fraction of sp³-hybridized carbons (Fsp3) is 0.867. The van der Waals surface area contributed by atoms with E-state index in [2.05, 4.69) is 0 Å². The zero-order valence-electron chi connectivity index (χ0n) is 14.5. The molecule has 20 heavy (non-hydrogen) atoms. The van der Waals surface area contributed by atoms with E-state index >= 15 is 0 Å². The minimum Gasteiger partial charge on any atom is -0.518 e. The Morgan fingerprint density at radius 2 is 1.40 bits per heavy atom. The van der Waals surface area contributed by atoms with Crippen LogP contribution in [0, 0.1) is 17.8 Å². The number of carbonyl (C=O) groups excluding carboxylic acids is 2. The van der Waals surface area contributed by atoms with Crippen molar-refractivity contribution in [2.45, 2.75) is 60.3 Å². The van der Waals surface area contributed by atoms with Gasteiger partial charge < -0.3 is 9.33 Å². The van der Waals surface area contributed by atoms with E-state index < -0.39 is 14.4 Å². The third-order valence-corrected chi connectivity index (χ3v) is 4.25. The standard InChI is InChI=1S/C15H31NO3Si/c1-10(2)12(5)14(17)16(6)13(11(3)4)15(18)19-20(7,8)9/h10-13H,1-9H3/t12-,13-/m0/s1. The monoisotopic (exact) mass is 301 g/mol. The number of carbonyl (C=O) groups is 2. The first kappa shape index (κ1) is 19.2. The highest BCUT2D eigenvalue weighted by Gasteiger charge is 2.35. The highest BCUT2D eigenvalue weighted by Crippen LogP contribution is 2.19. The summed E-state index contributed by atoms with van der Waals surface area (Å²) in [4.78, 5) is 26.4. The fourth-order valence-corrected chi connectivity index (χ4v) is 2.71. The van der Waals surface area contributed by atoms with Crippen molar-refractivity contribution in [3.05, 3.63) is 0 Å². The van der Waals surface area contributed by atoms with Gasteiger partial charge in [-0.25, -0.2) is 0 Å². The van der Waals surface area contributed by atoms with Crippen molar-refractivity contribution >= 4 is 20.2 Å². The van der Waals surface area contributed by atoms with E-state index in [1.165, 1.54) is 0 Å². The molecule has 0 aliphatic rings. The molecule has 0 rings (SSSR count). The summed E-state index contributed by atoms with van der Waals surface area (Å²) >= 11 is 0. The Bertz CT molecular complexity index is 348. The van der Waals surface area contributed by atoms with Crippen molar-refractivity contribution in [2.24, 2.45) is 17.8 Å². The second kappa shape index (κ2) is 7.25. The van der Waals surface area contributed by atoms with E-state index in [1.807, 2.05) is 54.3 Å². The maximum atomic E-state index is 12.4. The van der Waals surface area contributed by atoms with Gasteiger partial charge >= 0.3 is 5.97 Å². The van der Waals surface area contributed by atoms with Gasteiger partial charge in [-0.1, -0.05) is 34.6 Å². The SMILES string of the molecule is CC(C)[C@H](C)C(=O)N(C)[C@H](C(=O)O[Si](C)(C)C)C(C)C. The molecule has 0 aromatic rings. The Hall–Kier alpha value is -0.843. The molecule has 0 bridgehead atoms. The molecule has 0 fully saturated rings. The second-order valence-electron chi connectivity index (χ2n) is 7.20. The van der Waals surface area contributed by atoms with Gasteiger partial charge in [-0.15, -0.1) is 0 Å². The van der Waals surface area contributed by atoms with E-state index in [-0.39, 0.29) is 29.6 Å². The van der Waals surface area contributed by atoms with E-state index in [4.69, 9.17) is 4.43 Å². The van der Waals surface area contributed by atoms with Crippen LogP contribution < -0.4 is 0 Å². The third-order valence-electron chi connectivity index (χ3n) is 3.43. The van der Waals surface area contributed by atoms with Gasteiger partial charge in [0, 0.05) is 13.0 Å². The zero-order valence-corrected chi connectivity index (χ0v) is 15.5. The first-order chi connectivity index (χ1) is 8.88. The molecule has 0 radical (unpaired) electrons. The van der Waals surface area contributed by atoms with Crippen LogP contribution in [0.1, 0.15) is 34.6 Å². The van der Waals surface area contributed by atoms with Crippen LogP contribution >= 0.6 is 0 Å². The molecule has 0 heterocycles. The van der Waals surface area contributed by atoms with E-state index in [0.717, 1.165) is 0 Å². The lowest BCUT2D eigenvalue weighted by Crippen LogP contribution is -2.50. The third kappa shape index (κ3) is 5.65. The molecule has 0 aromatic carbocycles. The molecule has 5 heteroatoms. The van der Waals surface area contributed by atoms with E-state index in [0.29, 0.717) is 0 Å². The average Bonchev–Trinajstić information content (AvgIpc) is 2.23.